The topological polar surface area (TPSA) is 23.6 Å². The SMILES string of the molecule is CC=O.CN(c1ccc(F)cc1)C1CCN(C2CCCCC2)CC1. The van der Waals surface area contributed by atoms with Gasteiger partial charge in [-0.2, -0.15) is 0 Å². The van der Waals surface area contributed by atoms with Crippen LogP contribution in [0.3, 0.4) is 0 Å². The second-order valence-corrected chi connectivity index (χ2v) is 6.88. The number of benzene rings is 1. The summed E-state index contributed by atoms with van der Waals surface area (Å²) < 4.78 is 13.0. The fraction of sp³-hybridized carbons (Fsp3) is 0.650. The van der Waals surface area contributed by atoms with Crippen LogP contribution >= 0.6 is 0 Å². The van der Waals surface area contributed by atoms with Crippen LogP contribution < -0.4 is 4.90 Å². The molecule has 1 aromatic carbocycles. The van der Waals surface area contributed by atoms with Crippen molar-refractivity contribution in [2.24, 2.45) is 0 Å². The summed E-state index contributed by atoms with van der Waals surface area (Å²) in [6.45, 7) is 3.89. The highest BCUT2D eigenvalue weighted by atomic mass is 19.1. The molecule has 1 aliphatic carbocycles. The molecule has 1 heterocycles. The second-order valence-electron chi connectivity index (χ2n) is 6.88. The number of carbonyl (C=O) groups excluding carboxylic acids is 1. The van der Waals surface area contributed by atoms with E-state index in [0.29, 0.717) is 6.04 Å². The van der Waals surface area contributed by atoms with E-state index in [2.05, 4.69) is 16.8 Å². The lowest BCUT2D eigenvalue weighted by molar-refractivity contribution is -0.106. The monoisotopic (exact) mass is 334 g/mol. The summed E-state index contributed by atoms with van der Waals surface area (Å²) in [4.78, 5) is 13.9. The zero-order valence-corrected chi connectivity index (χ0v) is 15.1. The van der Waals surface area contributed by atoms with E-state index >= 15 is 0 Å². The molecule has 0 amide bonds. The Labute approximate surface area is 145 Å². The van der Waals surface area contributed by atoms with Crippen molar-refractivity contribution >= 4 is 12.0 Å². The van der Waals surface area contributed by atoms with Gasteiger partial charge in [0.2, 0.25) is 0 Å². The largest absolute Gasteiger partial charge is 0.372 e. The standard InChI is InChI=1S/C18H27FN2.C2H4O/c1-20(16-9-7-15(19)8-10-16)17-11-13-21(14-12-17)18-5-3-2-4-6-18;1-2-3/h7-10,17-18H,2-6,11-14H2,1H3;2H,1H3. The molecule has 0 radical (unpaired) electrons. The van der Waals surface area contributed by atoms with Crippen LogP contribution in [0.2, 0.25) is 0 Å². The predicted molar refractivity (Wildman–Crippen MR) is 98.0 cm³/mol. The van der Waals surface area contributed by atoms with Crippen LogP contribution in [0.1, 0.15) is 51.9 Å². The molecule has 0 atom stereocenters. The van der Waals surface area contributed by atoms with Crippen molar-refractivity contribution in [2.75, 3.05) is 25.0 Å². The van der Waals surface area contributed by atoms with Crippen molar-refractivity contribution < 1.29 is 9.18 Å². The number of rotatable bonds is 3. The van der Waals surface area contributed by atoms with Crippen LogP contribution in [0.4, 0.5) is 10.1 Å². The summed E-state index contributed by atoms with van der Waals surface area (Å²) in [6, 6.07) is 8.34. The van der Waals surface area contributed by atoms with Crippen LogP contribution in [-0.4, -0.2) is 43.4 Å². The molecule has 1 aliphatic heterocycles. The highest BCUT2D eigenvalue weighted by Crippen LogP contribution is 2.28. The van der Waals surface area contributed by atoms with E-state index in [1.54, 1.807) is 12.1 Å². The molecule has 3 rings (SSSR count). The van der Waals surface area contributed by atoms with E-state index in [1.807, 2.05) is 12.1 Å². The van der Waals surface area contributed by atoms with E-state index in [1.165, 1.54) is 65.0 Å². The second kappa shape index (κ2) is 9.77. The molecule has 1 aromatic rings. The lowest BCUT2D eigenvalue weighted by atomic mass is 9.92. The number of likely N-dealkylation sites (tertiary alicyclic amines) is 1. The van der Waals surface area contributed by atoms with Gasteiger partial charge >= 0.3 is 0 Å². The van der Waals surface area contributed by atoms with Crippen LogP contribution in [0.15, 0.2) is 24.3 Å². The molecular weight excluding hydrogens is 303 g/mol. The van der Waals surface area contributed by atoms with Crippen molar-refractivity contribution in [3.8, 4) is 0 Å². The Morgan fingerprint density at radius 2 is 1.58 bits per heavy atom. The third kappa shape index (κ3) is 5.30. The number of anilines is 1. The first kappa shape index (κ1) is 18.9. The fourth-order valence-electron chi connectivity index (χ4n) is 3.97. The minimum atomic E-state index is -0.153. The van der Waals surface area contributed by atoms with Gasteiger partial charge in [-0.05, 0) is 56.9 Å². The van der Waals surface area contributed by atoms with Crippen LogP contribution in [0, 0.1) is 5.82 Å². The number of piperidine rings is 1. The molecule has 4 heteroatoms. The minimum absolute atomic E-state index is 0.153. The number of halogens is 1. The summed E-state index contributed by atoms with van der Waals surface area (Å²) in [5.41, 5.74) is 1.13. The molecule has 0 aromatic heterocycles. The number of carbonyl (C=O) groups is 1. The first-order valence-corrected chi connectivity index (χ1v) is 9.28. The van der Waals surface area contributed by atoms with Crippen molar-refractivity contribution in [3.05, 3.63) is 30.1 Å². The molecule has 134 valence electrons. The van der Waals surface area contributed by atoms with Gasteiger partial charge in [0, 0.05) is 37.9 Å². The van der Waals surface area contributed by atoms with E-state index in [0.717, 1.165) is 18.0 Å². The van der Waals surface area contributed by atoms with Gasteiger partial charge in [-0.1, -0.05) is 19.3 Å². The molecule has 3 nitrogen and oxygen atoms in total. The first-order chi connectivity index (χ1) is 11.7. The van der Waals surface area contributed by atoms with E-state index < -0.39 is 0 Å². The van der Waals surface area contributed by atoms with Gasteiger partial charge in [0.1, 0.15) is 12.1 Å². The first-order valence-electron chi connectivity index (χ1n) is 9.28. The van der Waals surface area contributed by atoms with Gasteiger partial charge in [-0.15, -0.1) is 0 Å². The maximum Gasteiger partial charge on any atom is 0.123 e. The third-order valence-corrected chi connectivity index (χ3v) is 5.37. The van der Waals surface area contributed by atoms with E-state index in [-0.39, 0.29) is 5.82 Å². The van der Waals surface area contributed by atoms with E-state index in [9.17, 15) is 4.39 Å². The molecule has 0 spiro atoms. The van der Waals surface area contributed by atoms with Crippen LogP contribution in [0.5, 0.6) is 0 Å². The number of hydrogen-bond acceptors (Lipinski definition) is 3. The lowest BCUT2D eigenvalue weighted by Gasteiger charge is -2.42. The summed E-state index contributed by atoms with van der Waals surface area (Å²) in [5, 5.41) is 0. The fourth-order valence-corrected chi connectivity index (χ4v) is 3.97. The zero-order chi connectivity index (χ0) is 17.4. The van der Waals surface area contributed by atoms with Crippen LogP contribution in [-0.2, 0) is 4.79 Å². The smallest absolute Gasteiger partial charge is 0.123 e. The van der Waals surface area contributed by atoms with Crippen molar-refractivity contribution in [3.63, 3.8) is 0 Å². The number of aldehydes is 1. The average Bonchev–Trinajstić information content (AvgIpc) is 2.63. The molecule has 1 saturated heterocycles. The predicted octanol–water partition coefficient (Wildman–Crippen LogP) is 4.26. The number of hydrogen-bond donors (Lipinski definition) is 0. The molecule has 0 unspecified atom stereocenters. The lowest BCUT2D eigenvalue weighted by Crippen LogP contribution is -2.47. The maximum absolute atomic E-state index is 13.0. The quantitative estimate of drug-likeness (QED) is 0.772. The van der Waals surface area contributed by atoms with Gasteiger partial charge in [-0.3, -0.25) is 0 Å². The highest BCUT2D eigenvalue weighted by Gasteiger charge is 2.27. The molecular formula is C20H31FN2O. The van der Waals surface area contributed by atoms with Crippen molar-refractivity contribution in [2.45, 2.75) is 64.0 Å². The number of nitrogens with zero attached hydrogens (tertiary/aromatic N) is 2. The molecule has 1 saturated carbocycles. The summed E-state index contributed by atoms with van der Waals surface area (Å²) in [5.74, 6) is -0.153. The Bertz CT molecular complexity index is 477. The minimum Gasteiger partial charge on any atom is -0.372 e. The molecule has 0 bridgehead atoms. The average molecular weight is 334 g/mol. The molecule has 2 aliphatic rings. The summed E-state index contributed by atoms with van der Waals surface area (Å²) in [6.07, 6.45) is 10.3. The van der Waals surface area contributed by atoms with Gasteiger partial charge < -0.3 is 14.6 Å². The van der Waals surface area contributed by atoms with Gasteiger partial charge in [0.15, 0.2) is 0 Å². The third-order valence-electron chi connectivity index (χ3n) is 5.37. The van der Waals surface area contributed by atoms with Gasteiger partial charge in [0.25, 0.3) is 0 Å². The Hall–Kier alpha value is -1.42. The zero-order valence-electron chi connectivity index (χ0n) is 15.1. The van der Waals surface area contributed by atoms with Gasteiger partial charge in [-0.25, -0.2) is 4.39 Å². The summed E-state index contributed by atoms with van der Waals surface area (Å²) in [7, 11) is 2.15. The summed E-state index contributed by atoms with van der Waals surface area (Å²) >= 11 is 0. The Kier molecular flexibility index (Phi) is 7.70. The molecule has 0 N–H and O–H groups in total. The van der Waals surface area contributed by atoms with Crippen molar-refractivity contribution in [1.82, 2.24) is 4.90 Å². The van der Waals surface area contributed by atoms with Gasteiger partial charge in [0.05, 0.1) is 0 Å². The Morgan fingerprint density at radius 3 is 2.12 bits per heavy atom. The van der Waals surface area contributed by atoms with Crippen molar-refractivity contribution in [1.29, 1.82) is 0 Å². The van der Waals surface area contributed by atoms with E-state index in [4.69, 9.17) is 4.79 Å². The Balaban J connectivity index is 0.000000647. The highest BCUT2D eigenvalue weighted by molar-refractivity contribution is 5.46. The van der Waals surface area contributed by atoms with Crippen LogP contribution in [0.25, 0.3) is 0 Å². The normalized spacial score (nSPS) is 20.1. The molecule has 24 heavy (non-hydrogen) atoms. The molecule has 2 fully saturated rings. The maximum atomic E-state index is 13.0. The Morgan fingerprint density at radius 1 is 1.04 bits per heavy atom.